The Bertz CT molecular complexity index is 1950. The van der Waals surface area contributed by atoms with Crippen molar-refractivity contribution in [3.63, 3.8) is 0 Å². The second kappa shape index (κ2) is 38.0. The van der Waals surface area contributed by atoms with Crippen molar-refractivity contribution in [2.75, 3.05) is 125 Å². The minimum atomic E-state index is -0.362. The second-order valence-electron chi connectivity index (χ2n) is 24.5. The van der Waals surface area contributed by atoms with Crippen molar-refractivity contribution in [2.24, 2.45) is 0 Å². The lowest BCUT2D eigenvalue weighted by atomic mass is 10.1. The van der Waals surface area contributed by atoms with E-state index in [0.717, 1.165) is 87.7 Å². The first-order valence-electron chi connectivity index (χ1n) is 26.0. The van der Waals surface area contributed by atoms with Gasteiger partial charge in [-0.1, -0.05) is 92.9 Å². The molecule has 0 unspecified atom stereocenters. The molecular formula is C60H106Cl5N7O4. The number of hydrogen-bond acceptors (Lipinski definition) is 6. The van der Waals surface area contributed by atoms with Crippen LogP contribution in [0, 0.1) is 0 Å². The first kappa shape index (κ1) is 82.1. The molecule has 0 saturated carbocycles. The van der Waals surface area contributed by atoms with E-state index in [-0.39, 0.29) is 86.2 Å². The molecule has 3 aromatic rings. The Morgan fingerprint density at radius 1 is 0.434 bits per heavy atom. The Hall–Kier alpha value is -2.75. The van der Waals surface area contributed by atoms with E-state index in [4.69, 9.17) is 9.47 Å². The molecular weight excluding hydrogens is 1060 g/mol. The number of carbonyl (C=O) groups excluding carboxylic acids is 2. The SMILES string of the molecule is C=CC(=O)OC(CN(C)C)CN(C)C.C=CC(=O)OC(C[N+](C)(C)Cc1ccc(C[N+](C)(C)C(C)C)cc1)C[N+](C)(C)Cc1ccc(C[N+](C)(C)C(C)C)cc1.CCc1ccc(C[N+](C)(C)C(C)C)cc1.[Cl-].[Cl-].[Cl-].[Cl-].[Cl-]. The predicted octanol–water partition coefficient (Wildman–Crippen LogP) is -5.93. The van der Waals surface area contributed by atoms with Crippen LogP contribution in [0.15, 0.2) is 98.1 Å². The van der Waals surface area contributed by atoms with Crippen LogP contribution in [0.1, 0.15) is 81.8 Å². The number of quaternary nitrogens is 5. The molecule has 76 heavy (non-hydrogen) atoms. The average molecular weight is 1170 g/mol. The highest BCUT2D eigenvalue weighted by Gasteiger charge is 2.32. The highest BCUT2D eigenvalue weighted by atomic mass is 35.5. The second-order valence-corrected chi connectivity index (χ2v) is 24.5. The van der Waals surface area contributed by atoms with E-state index < -0.39 is 0 Å². The number of halogens is 5. The van der Waals surface area contributed by atoms with Crippen molar-refractivity contribution in [3.8, 4) is 0 Å². The standard InChI is InChI=1S/C36H62N4O2.C14H24N.C10H20N2O2.5ClH/c1-14-36(41)42-35(27-37(6,7)23-31-15-19-33(20-16-31)25-39(10,11)29(2)3)28-38(8,9)24-32-17-21-34(22-18-32)26-40(12,13)30(4)5;1-6-13-7-9-14(10-8-13)11-15(4,5)12(2)3;1-6-10(13)14-9(7-11(2)3)8-12(4)5;;;;;/h14-22,29-30,35H,1,23-28H2,2-13H3;7-10,12H,6,11H2,1-5H3;6,9H,1,7-8H2,2-5H3;5*1H/q+4;+1;;;;;;/p-5. The lowest BCUT2D eigenvalue weighted by Gasteiger charge is -2.37. The zero-order valence-electron chi connectivity index (χ0n) is 51.1. The molecule has 0 radical (unpaired) electrons. The van der Waals surface area contributed by atoms with E-state index in [1.54, 1.807) is 0 Å². The number of esters is 2. The van der Waals surface area contributed by atoms with Gasteiger partial charge in [0.1, 0.15) is 51.9 Å². The zero-order chi connectivity index (χ0) is 54.5. The molecule has 0 saturated heterocycles. The average Bonchev–Trinajstić information content (AvgIpc) is 3.24. The first-order valence-corrected chi connectivity index (χ1v) is 26.0. The van der Waals surface area contributed by atoms with Crippen molar-refractivity contribution in [1.29, 1.82) is 0 Å². The topological polar surface area (TPSA) is 59.1 Å². The lowest BCUT2D eigenvalue weighted by molar-refractivity contribution is -0.927. The molecule has 11 nitrogen and oxygen atoms in total. The molecule has 0 aromatic heterocycles. The van der Waals surface area contributed by atoms with Gasteiger partial charge in [-0.05, 0) is 81.7 Å². The van der Waals surface area contributed by atoms with Crippen molar-refractivity contribution in [2.45, 2.75) is 118 Å². The molecule has 0 amide bonds. The lowest BCUT2D eigenvalue weighted by Crippen LogP contribution is -3.00. The van der Waals surface area contributed by atoms with Crippen molar-refractivity contribution < 1.29 is 104 Å². The van der Waals surface area contributed by atoms with Gasteiger partial charge in [0.25, 0.3) is 0 Å². The summed E-state index contributed by atoms with van der Waals surface area (Å²) >= 11 is 0. The van der Waals surface area contributed by atoms with E-state index in [0.29, 0.717) is 18.1 Å². The molecule has 0 bridgehead atoms. The van der Waals surface area contributed by atoms with Crippen molar-refractivity contribution in [1.82, 2.24) is 9.80 Å². The zero-order valence-corrected chi connectivity index (χ0v) is 54.9. The minimum Gasteiger partial charge on any atom is -1.00 e. The number of rotatable bonds is 26. The van der Waals surface area contributed by atoms with Crippen LogP contribution >= 0.6 is 0 Å². The third kappa shape index (κ3) is 33.6. The molecule has 0 heterocycles. The predicted molar refractivity (Wildman–Crippen MR) is 300 cm³/mol. The van der Waals surface area contributed by atoms with Crippen molar-refractivity contribution >= 4 is 11.9 Å². The van der Waals surface area contributed by atoms with Crippen LogP contribution in [0.5, 0.6) is 0 Å². The summed E-state index contributed by atoms with van der Waals surface area (Å²) in [6.45, 7) is 30.6. The molecule has 0 fully saturated rings. The fourth-order valence-electron chi connectivity index (χ4n) is 8.06. The molecule has 0 aliphatic rings. The van der Waals surface area contributed by atoms with Crippen LogP contribution in [-0.2, 0) is 58.2 Å². The Labute approximate surface area is 496 Å². The number of hydrogen-bond donors (Lipinski definition) is 0. The van der Waals surface area contributed by atoms with E-state index in [1.807, 2.05) is 38.0 Å². The quantitative estimate of drug-likeness (QED) is 0.0455. The van der Waals surface area contributed by atoms with Gasteiger partial charge in [0.15, 0.2) is 6.10 Å². The fourth-order valence-corrected chi connectivity index (χ4v) is 8.06. The minimum absolute atomic E-state index is 0. The van der Waals surface area contributed by atoms with Gasteiger partial charge in [-0.15, -0.1) is 0 Å². The van der Waals surface area contributed by atoms with Gasteiger partial charge >= 0.3 is 11.9 Å². The maximum Gasteiger partial charge on any atom is 0.330 e. The van der Waals surface area contributed by atoms with E-state index >= 15 is 0 Å². The number of carbonyl (C=O) groups is 2. The summed E-state index contributed by atoms with van der Waals surface area (Å²) < 4.78 is 15.5. The third-order valence-corrected chi connectivity index (χ3v) is 14.1. The molecule has 3 aromatic carbocycles. The van der Waals surface area contributed by atoms with Gasteiger partial charge in [0.2, 0.25) is 0 Å². The summed E-state index contributed by atoms with van der Waals surface area (Å²) in [4.78, 5) is 27.3. The Morgan fingerprint density at radius 2 is 0.658 bits per heavy atom. The molecule has 0 atom stereocenters. The molecule has 0 spiro atoms. The van der Waals surface area contributed by atoms with Crippen LogP contribution in [0.2, 0.25) is 0 Å². The molecule has 0 aliphatic heterocycles. The van der Waals surface area contributed by atoms with Gasteiger partial charge in [0.05, 0.1) is 88.6 Å². The Kier molecular flexibility index (Phi) is 41.0. The third-order valence-electron chi connectivity index (χ3n) is 14.1. The van der Waals surface area contributed by atoms with Crippen molar-refractivity contribution in [3.05, 3.63) is 131 Å². The van der Waals surface area contributed by atoms with Gasteiger partial charge < -0.3 is 104 Å². The summed E-state index contributed by atoms with van der Waals surface area (Å²) in [7, 11) is 30.4. The van der Waals surface area contributed by atoms with Gasteiger partial charge in [0, 0.05) is 53.1 Å². The van der Waals surface area contributed by atoms with Crippen LogP contribution in [0.25, 0.3) is 0 Å². The number of ether oxygens (including phenoxy) is 2. The summed E-state index contributed by atoms with van der Waals surface area (Å²) in [6, 6.07) is 28.9. The molecule has 440 valence electrons. The number of likely N-dealkylation sites (N-methyl/N-ethyl adjacent to an activating group) is 4. The molecule has 0 aliphatic carbocycles. The largest absolute Gasteiger partial charge is 1.00 e. The maximum atomic E-state index is 12.4. The number of aryl methyl sites for hydroxylation is 1. The van der Waals surface area contributed by atoms with E-state index in [9.17, 15) is 9.59 Å². The summed E-state index contributed by atoms with van der Waals surface area (Å²) in [5.41, 5.74) is 8.16. The summed E-state index contributed by atoms with van der Waals surface area (Å²) in [6.07, 6.45) is 3.26. The van der Waals surface area contributed by atoms with Crippen LogP contribution < -0.4 is 62.0 Å². The van der Waals surface area contributed by atoms with E-state index in [1.165, 1.54) is 45.5 Å². The highest BCUT2D eigenvalue weighted by Crippen LogP contribution is 2.21. The molecule has 3 rings (SSSR count). The Balaban J connectivity index is -0.000000407. The highest BCUT2D eigenvalue weighted by molar-refractivity contribution is 5.81. The van der Waals surface area contributed by atoms with E-state index in [2.05, 4.69) is 205 Å². The maximum absolute atomic E-state index is 12.4. The first-order chi connectivity index (χ1) is 32.6. The fraction of sp³-hybridized carbons (Fsp3) is 0.600. The van der Waals surface area contributed by atoms with Crippen LogP contribution in [0.4, 0.5) is 0 Å². The number of benzene rings is 3. The molecule has 16 heteroatoms. The van der Waals surface area contributed by atoms with Crippen LogP contribution in [-0.4, -0.2) is 199 Å². The van der Waals surface area contributed by atoms with Gasteiger partial charge in [-0.25, -0.2) is 9.59 Å². The smallest absolute Gasteiger partial charge is 0.330 e. The molecule has 0 N–H and O–H groups in total. The Morgan fingerprint density at radius 3 is 0.868 bits per heavy atom. The van der Waals surface area contributed by atoms with Crippen LogP contribution in [0.3, 0.4) is 0 Å². The summed E-state index contributed by atoms with van der Waals surface area (Å²) in [5, 5.41) is 0. The normalized spacial score (nSPS) is 11.7. The summed E-state index contributed by atoms with van der Waals surface area (Å²) in [5.74, 6) is -0.718. The van der Waals surface area contributed by atoms with Gasteiger partial charge in [-0.3, -0.25) is 0 Å². The van der Waals surface area contributed by atoms with Gasteiger partial charge in [-0.2, -0.15) is 0 Å². The monoisotopic (exact) mass is 1160 g/mol. The number of nitrogens with zero attached hydrogens (tertiary/aromatic N) is 7.